The number of methoxy groups -OCH3 is 1. The molecule has 1 amide bonds. The molecular weight excluding hydrogens is 288 g/mol. The fourth-order valence-electron chi connectivity index (χ4n) is 4.05. The fraction of sp³-hybridized carbons (Fsp3) is 0.632. The van der Waals surface area contributed by atoms with E-state index in [0.29, 0.717) is 23.3 Å². The molecule has 4 heteroatoms. The number of carbonyl (C=O) groups excluding carboxylic acids is 1. The third-order valence-electron chi connectivity index (χ3n) is 5.21. The molecule has 3 fully saturated rings. The number of piperidine rings is 1. The zero-order valence-corrected chi connectivity index (χ0v) is 14.5. The van der Waals surface area contributed by atoms with Gasteiger partial charge in [0, 0.05) is 25.7 Å². The molecule has 0 spiro atoms. The summed E-state index contributed by atoms with van der Waals surface area (Å²) < 4.78 is 5.44. The summed E-state index contributed by atoms with van der Waals surface area (Å²) in [7, 11) is 1.64. The second-order valence-corrected chi connectivity index (χ2v) is 7.01. The fourth-order valence-corrected chi connectivity index (χ4v) is 4.05. The number of nitrogens with zero attached hydrogens (tertiary/aromatic N) is 2. The molecule has 3 saturated heterocycles. The highest BCUT2D eigenvalue weighted by molar-refractivity contribution is 5.97. The standard InChI is InChI=1S/C19H28N2O2/c1-4-9-20-11-15-6-7-16(20)13-21(12-15)19(22)17-8-5-14(2)10-18(17)23-3/h5,8,10,15-16H,4,6-7,9,11-13H2,1-3H3/t15-,16-/m1/s1. The molecule has 1 aromatic rings. The van der Waals surface area contributed by atoms with Crippen molar-refractivity contribution in [1.29, 1.82) is 0 Å². The smallest absolute Gasteiger partial charge is 0.257 e. The van der Waals surface area contributed by atoms with E-state index in [2.05, 4.69) is 16.7 Å². The second-order valence-electron chi connectivity index (χ2n) is 7.01. The van der Waals surface area contributed by atoms with Crippen LogP contribution in [0.3, 0.4) is 0 Å². The Morgan fingerprint density at radius 2 is 2.09 bits per heavy atom. The quantitative estimate of drug-likeness (QED) is 0.856. The van der Waals surface area contributed by atoms with Crippen LogP contribution in [0.4, 0.5) is 0 Å². The second kappa shape index (κ2) is 6.91. The summed E-state index contributed by atoms with van der Waals surface area (Å²) in [6.45, 7) is 8.29. The van der Waals surface area contributed by atoms with Crippen LogP contribution < -0.4 is 4.74 Å². The van der Waals surface area contributed by atoms with E-state index >= 15 is 0 Å². The van der Waals surface area contributed by atoms with Gasteiger partial charge in [0.1, 0.15) is 5.75 Å². The Balaban J connectivity index is 1.81. The zero-order valence-electron chi connectivity index (χ0n) is 14.5. The molecule has 3 aliphatic rings. The minimum absolute atomic E-state index is 0.122. The largest absolute Gasteiger partial charge is 0.496 e. The van der Waals surface area contributed by atoms with Crippen molar-refractivity contribution in [2.45, 2.75) is 39.2 Å². The van der Waals surface area contributed by atoms with Gasteiger partial charge in [-0.15, -0.1) is 0 Å². The first-order valence-electron chi connectivity index (χ1n) is 8.80. The first kappa shape index (κ1) is 16.3. The van der Waals surface area contributed by atoms with Gasteiger partial charge in [-0.25, -0.2) is 0 Å². The number of carbonyl (C=O) groups is 1. The average Bonchev–Trinajstić information content (AvgIpc) is 2.86. The molecule has 3 heterocycles. The molecule has 2 bridgehead atoms. The highest BCUT2D eigenvalue weighted by atomic mass is 16.5. The van der Waals surface area contributed by atoms with Gasteiger partial charge in [-0.1, -0.05) is 13.0 Å². The third-order valence-corrected chi connectivity index (χ3v) is 5.21. The van der Waals surface area contributed by atoms with Gasteiger partial charge in [-0.05, 0) is 56.3 Å². The molecule has 0 saturated carbocycles. The van der Waals surface area contributed by atoms with Crippen LogP contribution in [0.2, 0.25) is 0 Å². The van der Waals surface area contributed by atoms with E-state index in [4.69, 9.17) is 4.74 Å². The normalized spacial score (nSPS) is 24.6. The van der Waals surface area contributed by atoms with Crippen LogP contribution >= 0.6 is 0 Å². The number of ether oxygens (including phenoxy) is 1. The van der Waals surface area contributed by atoms with Gasteiger partial charge in [0.25, 0.3) is 5.91 Å². The van der Waals surface area contributed by atoms with E-state index in [1.807, 2.05) is 25.1 Å². The number of hydrogen-bond acceptors (Lipinski definition) is 3. The summed E-state index contributed by atoms with van der Waals surface area (Å²) >= 11 is 0. The van der Waals surface area contributed by atoms with Gasteiger partial charge in [-0.3, -0.25) is 9.69 Å². The lowest BCUT2D eigenvalue weighted by molar-refractivity contribution is 0.0734. The van der Waals surface area contributed by atoms with Crippen molar-refractivity contribution < 1.29 is 9.53 Å². The SMILES string of the molecule is CCCN1C[C@H]2CC[C@@H]1CN(C(=O)c1ccc(C)cc1OC)C2. The Morgan fingerprint density at radius 3 is 2.83 bits per heavy atom. The summed E-state index contributed by atoms with van der Waals surface area (Å²) in [6, 6.07) is 6.37. The monoisotopic (exact) mass is 316 g/mol. The predicted octanol–water partition coefficient (Wildman–Crippen LogP) is 2.95. The summed E-state index contributed by atoms with van der Waals surface area (Å²) in [5, 5.41) is 0. The molecule has 0 aliphatic carbocycles. The molecule has 0 N–H and O–H groups in total. The summed E-state index contributed by atoms with van der Waals surface area (Å²) in [5.41, 5.74) is 1.81. The summed E-state index contributed by atoms with van der Waals surface area (Å²) in [6.07, 6.45) is 3.65. The van der Waals surface area contributed by atoms with Gasteiger partial charge in [0.2, 0.25) is 0 Å². The Hall–Kier alpha value is -1.55. The van der Waals surface area contributed by atoms with Crippen molar-refractivity contribution in [3.8, 4) is 5.75 Å². The van der Waals surface area contributed by atoms with Gasteiger partial charge >= 0.3 is 0 Å². The van der Waals surface area contributed by atoms with E-state index in [0.717, 1.165) is 31.7 Å². The molecule has 3 aliphatic heterocycles. The minimum Gasteiger partial charge on any atom is -0.496 e. The number of fused-ring (bicyclic) bond motifs is 4. The van der Waals surface area contributed by atoms with E-state index in [1.54, 1.807) is 7.11 Å². The Labute approximate surface area is 139 Å². The Bertz CT molecular complexity index is 572. The first-order valence-corrected chi connectivity index (χ1v) is 8.80. The molecule has 4 rings (SSSR count). The van der Waals surface area contributed by atoms with Crippen LogP contribution in [0, 0.1) is 12.8 Å². The average molecular weight is 316 g/mol. The van der Waals surface area contributed by atoms with E-state index in [9.17, 15) is 4.79 Å². The molecule has 126 valence electrons. The maximum Gasteiger partial charge on any atom is 0.257 e. The summed E-state index contributed by atoms with van der Waals surface area (Å²) in [5.74, 6) is 1.43. The third kappa shape index (κ3) is 3.37. The number of rotatable bonds is 4. The van der Waals surface area contributed by atoms with Crippen LogP contribution in [0.25, 0.3) is 0 Å². The van der Waals surface area contributed by atoms with Gasteiger partial charge in [0.15, 0.2) is 0 Å². The molecule has 0 unspecified atom stereocenters. The van der Waals surface area contributed by atoms with Crippen molar-refractivity contribution in [3.05, 3.63) is 29.3 Å². The van der Waals surface area contributed by atoms with E-state index < -0.39 is 0 Å². The number of amides is 1. The van der Waals surface area contributed by atoms with Crippen molar-refractivity contribution >= 4 is 5.91 Å². The number of benzene rings is 1. The van der Waals surface area contributed by atoms with Crippen molar-refractivity contribution in [1.82, 2.24) is 9.80 Å². The van der Waals surface area contributed by atoms with Crippen LogP contribution in [0.5, 0.6) is 5.75 Å². The van der Waals surface area contributed by atoms with E-state index in [-0.39, 0.29) is 5.91 Å². The lowest BCUT2D eigenvalue weighted by atomic mass is 9.95. The van der Waals surface area contributed by atoms with Gasteiger partial charge < -0.3 is 9.64 Å². The maximum atomic E-state index is 13.1. The number of aryl methyl sites for hydroxylation is 1. The van der Waals surface area contributed by atoms with Crippen molar-refractivity contribution in [3.63, 3.8) is 0 Å². The zero-order chi connectivity index (χ0) is 16.4. The number of hydrogen-bond donors (Lipinski definition) is 0. The minimum atomic E-state index is 0.122. The van der Waals surface area contributed by atoms with Crippen LogP contribution in [-0.2, 0) is 0 Å². The first-order chi connectivity index (χ1) is 11.1. The maximum absolute atomic E-state index is 13.1. The molecule has 1 aromatic carbocycles. The van der Waals surface area contributed by atoms with Gasteiger partial charge in [-0.2, -0.15) is 0 Å². The highest BCUT2D eigenvalue weighted by Crippen LogP contribution is 2.30. The van der Waals surface area contributed by atoms with E-state index in [1.165, 1.54) is 19.3 Å². The predicted molar refractivity (Wildman–Crippen MR) is 92.0 cm³/mol. The Kier molecular flexibility index (Phi) is 4.90. The lowest BCUT2D eigenvalue weighted by Crippen LogP contribution is -2.44. The molecule has 23 heavy (non-hydrogen) atoms. The molecule has 0 radical (unpaired) electrons. The van der Waals surface area contributed by atoms with Crippen LogP contribution in [0.1, 0.15) is 42.1 Å². The molecule has 4 nitrogen and oxygen atoms in total. The lowest BCUT2D eigenvalue weighted by Gasteiger charge is -2.35. The van der Waals surface area contributed by atoms with Crippen LogP contribution in [0.15, 0.2) is 18.2 Å². The molecule has 2 atom stereocenters. The molecular formula is C19H28N2O2. The highest BCUT2D eigenvalue weighted by Gasteiger charge is 2.36. The summed E-state index contributed by atoms with van der Waals surface area (Å²) in [4.78, 5) is 17.7. The van der Waals surface area contributed by atoms with Crippen molar-refractivity contribution in [2.24, 2.45) is 5.92 Å². The van der Waals surface area contributed by atoms with Crippen LogP contribution in [-0.4, -0.2) is 55.0 Å². The van der Waals surface area contributed by atoms with Gasteiger partial charge in [0.05, 0.1) is 12.7 Å². The Morgan fingerprint density at radius 1 is 1.26 bits per heavy atom. The topological polar surface area (TPSA) is 32.8 Å². The van der Waals surface area contributed by atoms with Crippen molar-refractivity contribution in [2.75, 3.05) is 33.3 Å². The molecule has 0 aromatic heterocycles.